The fourth-order valence-electron chi connectivity index (χ4n) is 1.30. The molecule has 1 heterocycles. The lowest BCUT2D eigenvalue weighted by Gasteiger charge is -2.03. The zero-order valence-corrected chi connectivity index (χ0v) is 10.2. The summed E-state index contributed by atoms with van der Waals surface area (Å²) in [5, 5.41) is 27.1. The third-order valence-electron chi connectivity index (χ3n) is 2.18. The van der Waals surface area contributed by atoms with Crippen molar-refractivity contribution in [3.8, 4) is 0 Å². The molecule has 96 valence electrons. The van der Waals surface area contributed by atoms with Crippen LogP contribution in [0.15, 0.2) is 46.5 Å². The molecule has 1 N–H and O–H groups in total. The zero-order valence-electron chi connectivity index (χ0n) is 9.39. The van der Waals surface area contributed by atoms with Gasteiger partial charge in [0.15, 0.2) is 0 Å². The molecule has 0 aliphatic rings. The number of non-ortho nitro benzene ring substituents is 1. The molecule has 2 aromatic rings. The van der Waals surface area contributed by atoms with Crippen molar-refractivity contribution in [2.75, 3.05) is 0 Å². The summed E-state index contributed by atoms with van der Waals surface area (Å²) in [5.74, 6) is -1.10. The summed E-state index contributed by atoms with van der Waals surface area (Å²) in [6.07, 6.45) is 1.29. The average molecular weight is 277 g/mol. The number of aromatic carboxylic acids is 1. The number of nitrogens with zero attached hydrogens (tertiary/aromatic N) is 3. The van der Waals surface area contributed by atoms with Crippen molar-refractivity contribution in [1.29, 1.82) is 0 Å². The summed E-state index contributed by atoms with van der Waals surface area (Å²) in [5.41, 5.74) is 0.0142. The number of carbonyl (C=O) groups is 1. The van der Waals surface area contributed by atoms with Gasteiger partial charge in [-0.1, -0.05) is 11.8 Å². The highest BCUT2D eigenvalue weighted by Gasteiger charge is 2.13. The molecule has 0 radical (unpaired) electrons. The Morgan fingerprint density at radius 3 is 2.53 bits per heavy atom. The van der Waals surface area contributed by atoms with Gasteiger partial charge in [-0.2, -0.15) is 5.10 Å². The minimum atomic E-state index is -1.10. The molecule has 0 saturated carbocycles. The molecular formula is C11H7N3O4S. The second-order valence-electron chi connectivity index (χ2n) is 3.41. The van der Waals surface area contributed by atoms with Crippen LogP contribution >= 0.6 is 11.8 Å². The number of rotatable bonds is 4. The van der Waals surface area contributed by atoms with Gasteiger partial charge in [-0.05, 0) is 18.2 Å². The third kappa shape index (κ3) is 3.05. The van der Waals surface area contributed by atoms with E-state index in [2.05, 4.69) is 10.2 Å². The number of carboxylic acids is 1. The van der Waals surface area contributed by atoms with Gasteiger partial charge in [0.1, 0.15) is 5.03 Å². The van der Waals surface area contributed by atoms with Crippen LogP contribution in [0.5, 0.6) is 0 Å². The van der Waals surface area contributed by atoms with Gasteiger partial charge in [-0.15, -0.1) is 5.10 Å². The highest BCUT2D eigenvalue weighted by atomic mass is 32.2. The number of benzene rings is 1. The lowest BCUT2D eigenvalue weighted by molar-refractivity contribution is -0.384. The van der Waals surface area contributed by atoms with E-state index in [1.807, 2.05) is 0 Å². The number of nitro benzene ring substituents is 1. The average Bonchev–Trinajstić information content (AvgIpc) is 2.39. The van der Waals surface area contributed by atoms with Gasteiger partial charge < -0.3 is 5.11 Å². The number of nitro groups is 1. The first kappa shape index (κ1) is 13.0. The number of carboxylic acid groups (broad SMARTS) is 1. The van der Waals surface area contributed by atoms with E-state index in [-0.39, 0.29) is 16.3 Å². The van der Waals surface area contributed by atoms with Crippen molar-refractivity contribution in [2.45, 2.75) is 9.92 Å². The van der Waals surface area contributed by atoms with Gasteiger partial charge in [0.2, 0.25) is 0 Å². The molecule has 2 rings (SSSR count). The van der Waals surface area contributed by atoms with E-state index in [0.29, 0.717) is 4.90 Å². The molecule has 0 atom stereocenters. The first-order valence-corrected chi connectivity index (χ1v) is 5.87. The molecule has 0 amide bonds. The molecule has 0 fully saturated rings. The van der Waals surface area contributed by atoms with Crippen LogP contribution in [0.1, 0.15) is 10.4 Å². The Morgan fingerprint density at radius 1 is 1.26 bits per heavy atom. The normalized spacial score (nSPS) is 10.1. The topological polar surface area (TPSA) is 106 Å². The Labute approximate surface area is 111 Å². The van der Waals surface area contributed by atoms with Gasteiger partial charge in [-0.25, -0.2) is 4.79 Å². The van der Waals surface area contributed by atoms with Crippen LogP contribution in [0.25, 0.3) is 0 Å². The van der Waals surface area contributed by atoms with Crippen molar-refractivity contribution >= 4 is 23.4 Å². The van der Waals surface area contributed by atoms with Crippen molar-refractivity contribution in [1.82, 2.24) is 10.2 Å². The number of aromatic nitrogens is 2. The Hall–Kier alpha value is -2.48. The summed E-state index contributed by atoms with van der Waals surface area (Å²) < 4.78 is 0. The zero-order chi connectivity index (χ0) is 13.8. The van der Waals surface area contributed by atoms with Crippen LogP contribution in [0, 0.1) is 10.1 Å². The smallest absolute Gasteiger partial charge is 0.338 e. The molecule has 0 saturated heterocycles. The Kier molecular flexibility index (Phi) is 3.71. The quantitative estimate of drug-likeness (QED) is 0.674. The van der Waals surface area contributed by atoms with E-state index < -0.39 is 10.9 Å². The summed E-state index contributed by atoms with van der Waals surface area (Å²) in [4.78, 5) is 21.6. The summed E-state index contributed by atoms with van der Waals surface area (Å²) in [6, 6.07) is 7.10. The monoisotopic (exact) mass is 277 g/mol. The van der Waals surface area contributed by atoms with Crippen LogP contribution in [0.3, 0.4) is 0 Å². The fourth-order valence-corrected chi connectivity index (χ4v) is 2.15. The minimum absolute atomic E-state index is 0.0260. The SMILES string of the molecule is O=C(O)c1ccnnc1Sc1ccc([N+](=O)[O-])cc1. The molecule has 0 unspecified atom stereocenters. The van der Waals surface area contributed by atoms with E-state index in [9.17, 15) is 14.9 Å². The first-order chi connectivity index (χ1) is 9.08. The molecule has 8 heteroatoms. The summed E-state index contributed by atoms with van der Waals surface area (Å²) in [7, 11) is 0. The van der Waals surface area contributed by atoms with Gasteiger partial charge >= 0.3 is 5.97 Å². The highest BCUT2D eigenvalue weighted by Crippen LogP contribution is 2.29. The summed E-state index contributed by atoms with van der Waals surface area (Å²) >= 11 is 1.09. The van der Waals surface area contributed by atoms with E-state index in [0.717, 1.165) is 11.8 Å². The predicted octanol–water partition coefficient (Wildman–Crippen LogP) is 2.23. The maximum Gasteiger partial charge on any atom is 0.338 e. The fraction of sp³-hybridized carbons (Fsp3) is 0. The van der Waals surface area contributed by atoms with Crippen LogP contribution in [0.2, 0.25) is 0 Å². The van der Waals surface area contributed by atoms with Crippen LogP contribution < -0.4 is 0 Å². The minimum Gasteiger partial charge on any atom is -0.478 e. The Morgan fingerprint density at radius 2 is 1.95 bits per heavy atom. The van der Waals surface area contributed by atoms with Crippen molar-refractivity contribution in [3.05, 3.63) is 52.2 Å². The first-order valence-electron chi connectivity index (χ1n) is 5.05. The standard InChI is InChI=1S/C11H7N3O4S/c15-11(16)9-5-6-12-13-10(9)19-8-3-1-7(2-4-8)14(17)18/h1-6H,(H,15,16). The molecule has 1 aromatic carbocycles. The molecule has 0 bridgehead atoms. The number of hydrogen-bond acceptors (Lipinski definition) is 6. The maximum atomic E-state index is 11.0. The number of hydrogen-bond donors (Lipinski definition) is 1. The molecule has 1 aromatic heterocycles. The van der Waals surface area contributed by atoms with Crippen LogP contribution in [0.4, 0.5) is 5.69 Å². The largest absolute Gasteiger partial charge is 0.478 e. The van der Waals surface area contributed by atoms with E-state index in [1.165, 1.54) is 36.5 Å². The Bertz CT molecular complexity index is 630. The predicted molar refractivity (Wildman–Crippen MR) is 66.2 cm³/mol. The van der Waals surface area contributed by atoms with E-state index in [4.69, 9.17) is 5.11 Å². The molecule has 0 aliphatic carbocycles. The summed E-state index contributed by atoms with van der Waals surface area (Å²) in [6.45, 7) is 0. The van der Waals surface area contributed by atoms with Gasteiger partial charge in [0.05, 0.1) is 16.7 Å². The van der Waals surface area contributed by atoms with Crippen molar-refractivity contribution in [3.63, 3.8) is 0 Å². The lowest BCUT2D eigenvalue weighted by Crippen LogP contribution is -2.01. The van der Waals surface area contributed by atoms with Gasteiger partial charge in [0.25, 0.3) is 5.69 Å². The molecule has 0 spiro atoms. The highest BCUT2D eigenvalue weighted by molar-refractivity contribution is 7.99. The Balaban J connectivity index is 2.26. The van der Waals surface area contributed by atoms with Crippen molar-refractivity contribution in [2.24, 2.45) is 0 Å². The lowest BCUT2D eigenvalue weighted by atomic mass is 10.3. The van der Waals surface area contributed by atoms with Gasteiger partial charge in [0, 0.05) is 17.0 Å². The second kappa shape index (κ2) is 5.44. The van der Waals surface area contributed by atoms with E-state index >= 15 is 0 Å². The molecular weight excluding hydrogens is 270 g/mol. The third-order valence-corrected chi connectivity index (χ3v) is 3.18. The van der Waals surface area contributed by atoms with Crippen LogP contribution in [-0.4, -0.2) is 26.2 Å². The molecule has 7 nitrogen and oxygen atoms in total. The maximum absolute atomic E-state index is 11.0. The van der Waals surface area contributed by atoms with E-state index in [1.54, 1.807) is 0 Å². The van der Waals surface area contributed by atoms with Crippen LogP contribution in [-0.2, 0) is 0 Å². The molecule has 0 aliphatic heterocycles. The van der Waals surface area contributed by atoms with Gasteiger partial charge in [-0.3, -0.25) is 10.1 Å². The van der Waals surface area contributed by atoms with Crippen molar-refractivity contribution < 1.29 is 14.8 Å². The molecule has 19 heavy (non-hydrogen) atoms. The second-order valence-corrected chi connectivity index (χ2v) is 4.47.